The van der Waals surface area contributed by atoms with E-state index in [-0.39, 0.29) is 18.3 Å². The van der Waals surface area contributed by atoms with E-state index in [4.69, 9.17) is 15.2 Å². The molecule has 4 nitrogen and oxygen atoms in total. The van der Waals surface area contributed by atoms with Crippen LogP contribution in [0.5, 0.6) is 11.5 Å². The van der Waals surface area contributed by atoms with Crippen LogP contribution in [0, 0.1) is 5.92 Å². The van der Waals surface area contributed by atoms with Crippen molar-refractivity contribution in [2.75, 3.05) is 7.11 Å². The van der Waals surface area contributed by atoms with Crippen molar-refractivity contribution in [2.45, 2.75) is 32.6 Å². The van der Waals surface area contributed by atoms with Gasteiger partial charge in [-0.2, -0.15) is 0 Å². The first-order valence-electron chi connectivity index (χ1n) is 7.81. The molecule has 0 radical (unpaired) electrons. The van der Waals surface area contributed by atoms with Gasteiger partial charge < -0.3 is 20.3 Å². The van der Waals surface area contributed by atoms with Crippen molar-refractivity contribution in [3.8, 4) is 11.5 Å². The molecule has 0 aliphatic carbocycles. The van der Waals surface area contributed by atoms with Gasteiger partial charge >= 0.3 is 0 Å². The summed E-state index contributed by atoms with van der Waals surface area (Å²) in [6, 6.07) is 15.0. The highest BCUT2D eigenvalue weighted by Crippen LogP contribution is 2.32. The zero-order valence-corrected chi connectivity index (χ0v) is 15.1. The Morgan fingerprint density at radius 2 is 1.71 bits per heavy atom. The fourth-order valence-corrected chi connectivity index (χ4v) is 2.36. The second-order valence-electron chi connectivity index (χ2n) is 5.94. The number of hydrogen-bond acceptors (Lipinski definition) is 4. The molecule has 0 saturated carbocycles. The Kier molecular flexibility index (Phi) is 8.05. The molecule has 2 aromatic carbocycles. The molecular formula is C19H26ClNO3. The predicted octanol–water partition coefficient (Wildman–Crippen LogP) is 3.71. The second-order valence-corrected chi connectivity index (χ2v) is 5.94. The number of hydrogen-bond donors (Lipinski definition) is 2. The molecular weight excluding hydrogens is 326 g/mol. The molecule has 0 heterocycles. The summed E-state index contributed by atoms with van der Waals surface area (Å²) in [6.07, 6.45) is -0.606. The molecule has 2 rings (SSSR count). The van der Waals surface area contributed by atoms with Crippen molar-refractivity contribution in [1.82, 2.24) is 0 Å². The Labute approximate surface area is 150 Å². The summed E-state index contributed by atoms with van der Waals surface area (Å²) >= 11 is 0. The molecule has 132 valence electrons. The zero-order valence-electron chi connectivity index (χ0n) is 14.3. The third kappa shape index (κ3) is 5.13. The number of rotatable bonds is 7. The maximum absolute atomic E-state index is 10.2. The number of halogens is 1. The maximum Gasteiger partial charge on any atom is 0.161 e. The number of aliphatic hydroxyl groups excluding tert-OH is 1. The first kappa shape index (κ1) is 20.3. The molecule has 3 N–H and O–H groups in total. The molecule has 0 bridgehead atoms. The number of nitrogens with two attached hydrogens (primary N) is 1. The Balaban J connectivity index is 0.00000288. The van der Waals surface area contributed by atoms with Crippen LogP contribution in [0.1, 0.15) is 31.0 Å². The molecule has 2 atom stereocenters. The largest absolute Gasteiger partial charge is 0.493 e. The average molecular weight is 352 g/mol. The fourth-order valence-electron chi connectivity index (χ4n) is 2.36. The van der Waals surface area contributed by atoms with E-state index in [1.165, 1.54) is 0 Å². The molecule has 0 aliphatic rings. The highest BCUT2D eigenvalue weighted by Gasteiger charge is 2.21. The number of ether oxygens (including phenoxy) is 2. The van der Waals surface area contributed by atoms with Gasteiger partial charge in [0.2, 0.25) is 0 Å². The number of methoxy groups -OCH3 is 1. The van der Waals surface area contributed by atoms with E-state index in [0.29, 0.717) is 18.1 Å². The molecule has 0 saturated heterocycles. The van der Waals surface area contributed by atoms with Gasteiger partial charge in [0, 0.05) is 0 Å². The predicted molar refractivity (Wildman–Crippen MR) is 98.8 cm³/mol. The first-order chi connectivity index (χ1) is 11.0. The molecule has 0 amide bonds. The minimum absolute atomic E-state index is 0. The van der Waals surface area contributed by atoms with E-state index in [0.717, 1.165) is 11.1 Å². The van der Waals surface area contributed by atoms with Gasteiger partial charge in [0.15, 0.2) is 11.5 Å². The SMILES string of the molecule is COc1ccc([C@H](N)[C@H](O)C(C)C)cc1OCc1ccccc1.Cl. The van der Waals surface area contributed by atoms with Gasteiger partial charge in [-0.1, -0.05) is 50.2 Å². The van der Waals surface area contributed by atoms with E-state index < -0.39 is 12.1 Å². The zero-order chi connectivity index (χ0) is 16.8. The monoisotopic (exact) mass is 351 g/mol. The highest BCUT2D eigenvalue weighted by molar-refractivity contribution is 5.85. The summed E-state index contributed by atoms with van der Waals surface area (Å²) in [5.74, 6) is 1.36. The molecule has 24 heavy (non-hydrogen) atoms. The van der Waals surface area contributed by atoms with Gasteiger partial charge in [-0.05, 0) is 29.2 Å². The van der Waals surface area contributed by atoms with Crippen LogP contribution in [0.2, 0.25) is 0 Å². The quantitative estimate of drug-likeness (QED) is 0.798. The van der Waals surface area contributed by atoms with Crippen molar-refractivity contribution in [3.63, 3.8) is 0 Å². The maximum atomic E-state index is 10.2. The lowest BCUT2D eigenvalue weighted by Gasteiger charge is -2.23. The molecule has 0 unspecified atom stereocenters. The Morgan fingerprint density at radius 3 is 2.29 bits per heavy atom. The Hall–Kier alpha value is -1.75. The molecule has 2 aromatic rings. The van der Waals surface area contributed by atoms with Crippen molar-refractivity contribution in [2.24, 2.45) is 11.7 Å². The van der Waals surface area contributed by atoms with Crippen molar-refractivity contribution >= 4 is 12.4 Å². The van der Waals surface area contributed by atoms with E-state index in [1.54, 1.807) is 7.11 Å². The fraction of sp³-hybridized carbons (Fsp3) is 0.368. The summed E-state index contributed by atoms with van der Waals surface area (Å²) in [7, 11) is 1.60. The normalized spacial score (nSPS) is 13.1. The third-order valence-corrected chi connectivity index (χ3v) is 3.86. The van der Waals surface area contributed by atoms with Crippen LogP contribution in [0.15, 0.2) is 48.5 Å². The van der Waals surface area contributed by atoms with Crippen LogP contribution in [-0.4, -0.2) is 18.3 Å². The molecule has 0 aliphatic heterocycles. The van der Waals surface area contributed by atoms with Crippen molar-refractivity contribution in [1.29, 1.82) is 0 Å². The van der Waals surface area contributed by atoms with Gasteiger partial charge in [0.25, 0.3) is 0 Å². The van der Waals surface area contributed by atoms with Gasteiger partial charge in [-0.15, -0.1) is 12.4 Å². The van der Waals surface area contributed by atoms with Gasteiger partial charge in [-0.25, -0.2) is 0 Å². The Bertz CT molecular complexity index is 619. The minimum Gasteiger partial charge on any atom is -0.493 e. The standard InChI is InChI=1S/C19H25NO3.ClH/c1-13(2)19(21)18(20)15-9-10-16(22-3)17(11-15)23-12-14-7-5-4-6-8-14;/h4-11,13,18-19,21H,12,20H2,1-3H3;1H/t18-,19+;/m0./s1. The topological polar surface area (TPSA) is 64.7 Å². The third-order valence-electron chi connectivity index (χ3n) is 3.86. The van der Waals surface area contributed by atoms with Crippen LogP contribution < -0.4 is 15.2 Å². The lowest BCUT2D eigenvalue weighted by molar-refractivity contribution is 0.0978. The van der Waals surface area contributed by atoms with Crippen LogP contribution in [0.4, 0.5) is 0 Å². The van der Waals surface area contributed by atoms with Crippen LogP contribution >= 0.6 is 12.4 Å². The summed E-state index contributed by atoms with van der Waals surface area (Å²) in [4.78, 5) is 0. The van der Waals surface area contributed by atoms with Crippen LogP contribution in [0.3, 0.4) is 0 Å². The van der Waals surface area contributed by atoms with Crippen LogP contribution in [-0.2, 0) is 6.61 Å². The van der Waals surface area contributed by atoms with Gasteiger partial charge in [0.05, 0.1) is 19.3 Å². The molecule has 5 heteroatoms. The highest BCUT2D eigenvalue weighted by atomic mass is 35.5. The van der Waals surface area contributed by atoms with Crippen molar-refractivity contribution < 1.29 is 14.6 Å². The summed E-state index contributed by atoms with van der Waals surface area (Å²) < 4.78 is 11.2. The van der Waals surface area contributed by atoms with Gasteiger partial charge in [0.1, 0.15) is 6.61 Å². The first-order valence-corrected chi connectivity index (χ1v) is 7.81. The number of aliphatic hydroxyl groups is 1. The average Bonchev–Trinajstić information content (AvgIpc) is 2.59. The van der Waals surface area contributed by atoms with E-state index in [2.05, 4.69) is 0 Å². The lowest BCUT2D eigenvalue weighted by Crippen LogP contribution is -2.30. The minimum atomic E-state index is -0.606. The van der Waals surface area contributed by atoms with E-state index in [9.17, 15) is 5.11 Å². The summed E-state index contributed by atoms with van der Waals surface area (Å²) in [5.41, 5.74) is 8.06. The smallest absolute Gasteiger partial charge is 0.161 e. The molecule has 0 fully saturated rings. The molecule has 0 aromatic heterocycles. The summed E-state index contributed by atoms with van der Waals surface area (Å²) in [5, 5.41) is 10.2. The van der Waals surface area contributed by atoms with E-state index in [1.807, 2.05) is 62.4 Å². The molecule has 0 spiro atoms. The second kappa shape index (κ2) is 9.52. The lowest BCUT2D eigenvalue weighted by atomic mass is 9.94. The van der Waals surface area contributed by atoms with Crippen LogP contribution in [0.25, 0.3) is 0 Å². The summed E-state index contributed by atoms with van der Waals surface area (Å²) in [6.45, 7) is 4.34. The number of benzene rings is 2. The van der Waals surface area contributed by atoms with Gasteiger partial charge in [-0.3, -0.25) is 0 Å². The van der Waals surface area contributed by atoms with Crippen molar-refractivity contribution in [3.05, 3.63) is 59.7 Å². The van der Waals surface area contributed by atoms with E-state index >= 15 is 0 Å². The Morgan fingerprint density at radius 1 is 1.04 bits per heavy atom.